The molecule has 4 nitrogen and oxygen atoms in total. The molecule has 136 valence electrons. The maximum Gasteiger partial charge on any atom is 0.231 e. The van der Waals surface area contributed by atoms with Crippen molar-refractivity contribution in [2.45, 2.75) is 45.2 Å². The summed E-state index contributed by atoms with van der Waals surface area (Å²) in [4.78, 5) is 2.60. The van der Waals surface area contributed by atoms with Crippen LogP contribution in [0.4, 0.5) is 0 Å². The Labute approximate surface area is 154 Å². The van der Waals surface area contributed by atoms with Crippen LogP contribution in [0.2, 0.25) is 0 Å². The Balaban J connectivity index is 1.54. The van der Waals surface area contributed by atoms with Crippen molar-refractivity contribution in [3.63, 3.8) is 0 Å². The van der Waals surface area contributed by atoms with E-state index in [1.54, 1.807) is 7.11 Å². The summed E-state index contributed by atoms with van der Waals surface area (Å²) in [6.45, 7) is 4.66. The van der Waals surface area contributed by atoms with Crippen LogP contribution in [0.15, 0.2) is 24.3 Å². The van der Waals surface area contributed by atoms with Crippen molar-refractivity contribution >= 4 is 0 Å². The molecule has 4 heteroatoms. The molecule has 0 bridgehead atoms. The molecule has 0 aliphatic carbocycles. The number of aryl methyl sites for hydroxylation is 1. The molecule has 0 radical (unpaired) electrons. The van der Waals surface area contributed by atoms with Crippen molar-refractivity contribution in [3.8, 4) is 17.2 Å². The first-order valence-corrected chi connectivity index (χ1v) is 9.62. The van der Waals surface area contributed by atoms with E-state index >= 15 is 0 Å². The topological polar surface area (TPSA) is 30.9 Å². The zero-order chi connectivity index (χ0) is 17.7. The van der Waals surface area contributed by atoms with Crippen molar-refractivity contribution in [2.24, 2.45) is 0 Å². The Bertz CT molecular complexity index is 861. The molecule has 2 aromatic rings. The van der Waals surface area contributed by atoms with Crippen molar-refractivity contribution in [1.82, 2.24) is 4.90 Å². The smallest absolute Gasteiger partial charge is 0.231 e. The van der Waals surface area contributed by atoms with Gasteiger partial charge in [-0.2, -0.15) is 0 Å². The fourth-order valence-corrected chi connectivity index (χ4v) is 4.71. The molecule has 0 amide bonds. The molecule has 1 atom stereocenters. The van der Waals surface area contributed by atoms with Crippen LogP contribution in [-0.2, 0) is 25.8 Å². The van der Waals surface area contributed by atoms with E-state index in [1.807, 2.05) is 0 Å². The molecular weight excluding hydrogens is 326 g/mol. The molecule has 3 aliphatic heterocycles. The largest absolute Gasteiger partial charge is 0.496 e. The van der Waals surface area contributed by atoms with E-state index in [9.17, 15) is 0 Å². The summed E-state index contributed by atoms with van der Waals surface area (Å²) in [6, 6.07) is 9.48. The Morgan fingerprint density at radius 1 is 1.08 bits per heavy atom. The quantitative estimate of drug-likeness (QED) is 0.835. The molecule has 2 aromatic carbocycles. The summed E-state index contributed by atoms with van der Waals surface area (Å²) in [6.07, 6.45) is 4.37. The first-order valence-electron chi connectivity index (χ1n) is 9.62. The van der Waals surface area contributed by atoms with Crippen molar-refractivity contribution < 1.29 is 14.2 Å². The molecule has 3 heterocycles. The molecule has 5 rings (SSSR count). The lowest BCUT2D eigenvalue weighted by Gasteiger charge is -2.41. The fraction of sp³-hybridized carbons (Fsp3) is 0.455. The van der Waals surface area contributed by atoms with E-state index in [4.69, 9.17) is 14.2 Å². The normalized spacial score (nSPS) is 20.3. The summed E-state index contributed by atoms with van der Waals surface area (Å²) >= 11 is 0. The van der Waals surface area contributed by atoms with Gasteiger partial charge in [0.25, 0.3) is 0 Å². The van der Waals surface area contributed by atoms with Gasteiger partial charge in [-0.05, 0) is 65.3 Å². The van der Waals surface area contributed by atoms with E-state index < -0.39 is 0 Å². The Kier molecular flexibility index (Phi) is 3.82. The van der Waals surface area contributed by atoms with Gasteiger partial charge in [0.05, 0.1) is 7.11 Å². The summed E-state index contributed by atoms with van der Waals surface area (Å²) in [5.74, 6) is 2.83. The monoisotopic (exact) mass is 351 g/mol. The van der Waals surface area contributed by atoms with Gasteiger partial charge in [-0.15, -0.1) is 0 Å². The van der Waals surface area contributed by atoms with Crippen LogP contribution in [-0.4, -0.2) is 25.3 Å². The number of fused-ring (bicyclic) bond motifs is 5. The van der Waals surface area contributed by atoms with Crippen LogP contribution >= 0.6 is 0 Å². The van der Waals surface area contributed by atoms with Crippen molar-refractivity contribution in [3.05, 3.63) is 52.1 Å². The predicted molar refractivity (Wildman–Crippen MR) is 100 cm³/mol. The number of hydrogen-bond donors (Lipinski definition) is 0. The van der Waals surface area contributed by atoms with Crippen molar-refractivity contribution in [1.29, 1.82) is 0 Å². The molecule has 0 saturated heterocycles. The highest BCUT2D eigenvalue weighted by Crippen LogP contribution is 2.44. The summed E-state index contributed by atoms with van der Waals surface area (Å²) in [7, 11) is 1.79. The predicted octanol–water partition coefficient (Wildman–Crippen LogP) is 4.03. The third-order valence-electron chi connectivity index (χ3n) is 6.01. The van der Waals surface area contributed by atoms with Gasteiger partial charge in [0, 0.05) is 19.1 Å². The minimum Gasteiger partial charge on any atom is -0.496 e. The second-order valence-electron chi connectivity index (χ2n) is 7.53. The number of benzene rings is 2. The fourth-order valence-electron chi connectivity index (χ4n) is 4.71. The highest BCUT2D eigenvalue weighted by Gasteiger charge is 2.34. The zero-order valence-electron chi connectivity index (χ0n) is 15.5. The lowest BCUT2D eigenvalue weighted by Crippen LogP contribution is -2.39. The Morgan fingerprint density at radius 2 is 1.88 bits per heavy atom. The number of rotatable bonds is 3. The van der Waals surface area contributed by atoms with E-state index in [-0.39, 0.29) is 0 Å². The van der Waals surface area contributed by atoms with Crippen LogP contribution in [0.3, 0.4) is 0 Å². The molecule has 3 aliphatic rings. The molecule has 0 saturated carbocycles. The van der Waals surface area contributed by atoms with Gasteiger partial charge >= 0.3 is 0 Å². The van der Waals surface area contributed by atoms with Gasteiger partial charge in [0.15, 0.2) is 11.5 Å². The number of methoxy groups -OCH3 is 1. The summed E-state index contributed by atoms with van der Waals surface area (Å²) < 4.78 is 16.9. The molecule has 0 N–H and O–H groups in total. The average Bonchev–Trinajstić information content (AvgIpc) is 3.11. The van der Waals surface area contributed by atoms with Gasteiger partial charge in [0.1, 0.15) is 5.75 Å². The summed E-state index contributed by atoms with van der Waals surface area (Å²) in [5.41, 5.74) is 7.06. The molecular formula is C22H25NO3. The number of ether oxygens (including phenoxy) is 3. The van der Waals surface area contributed by atoms with Crippen LogP contribution in [0.25, 0.3) is 0 Å². The lowest BCUT2D eigenvalue weighted by atomic mass is 9.83. The Morgan fingerprint density at radius 3 is 2.65 bits per heavy atom. The molecule has 0 fully saturated rings. The van der Waals surface area contributed by atoms with Gasteiger partial charge in [0.2, 0.25) is 6.79 Å². The van der Waals surface area contributed by atoms with E-state index in [0.717, 1.165) is 56.0 Å². The van der Waals surface area contributed by atoms with Gasteiger partial charge in [-0.1, -0.05) is 19.4 Å². The van der Waals surface area contributed by atoms with Gasteiger partial charge in [-0.3, -0.25) is 4.90 Å². The van der Waals surface area contributed by atoms with E-state index in [1.165, 1.54) is 27.8 Å². The van der Waals surface area contributed by atoms with Gasteiger partial charge in [-0.25, -0.2) is 0 Å². The highest BCUT2D eigenvalue weighted by molar-refractivity contribution is 5.52. The SMILES string of the molecule is CCCc1cc2c(cc1OC)C1Cc3cc4c(cc3CN1CC2)OCO4. The number of hydrogen-bond acceptors (Lipinski definition) is 4. The van der Waals surface area contributed by atoms with Crippen LogP contribution in [0.5, 0.6) is 17.2 Å². The molecule has 26 heavy (non-hydrogen) atoms. The first-order chi connectivity index (χ1) is 12.8. The second-order valence-corrected chi connectivity index (χ2v) is 7.53. The van der Waals surface area contributed by atoms with Crippen LogP contribution in [0, 0.1) is 0 Å². The number of nitrogens with zero attached hydrogens (tertiary/aromatic N) is 1. The van der Waals surface area contributed by atoms with Gasteiger partial charge < -0.3 is 14.2 Å². The van der Waals surface area contributed by atoms with Crippen LogP contribution < -0.4 is 14.2 Å². The Hall–Kier alpha value is -2.20. The molecule has 1 unspecified atom stereocenters. The third kappa shape index (κ3) is 2.47. The average molecular weight is 351 g/mol. The lowest BCUT2D eigenvalue weighted by molar-refractivity contribution is 0.160. The van der Waals surface area contributed by atoms with Crippen LogP contribution in [0.1, 0.15) is 47.2 Å². The molecule has 0 aromatic heterocycles. The zero-order valence-corrected chi connectivity index (χ0v) is 15.5. The second kappa shape index (κ2) is 6.20. The third-order valence-corrected chi connectivity index (χ3v) is 6.01. The van der Waals surface area contributed by atoms with E-state index in [2.05, 4.69) is 36.1 Å². The molecule has 0 spiro atoms. The standard InChI is InChI=1S/C22H25NO3/c1-3-4-15-7-14-5-6-23-12-17-10-22-21(25-13-26-22)9-16(17)8-19(23)18(14)11-20(15)24-2/h7,9-11,19H,3-6,8,12-13H2,1-2H3. The first kappa shape index (κ1) is 16.0. The summed E-state index contributed by atoms with van der Waals surface area (Å²) in [5, 5.41) is 0. The minimum atomic E-state index is 0.339. The highest BCUT2D eigenvalue weighted by atomic mass is 16.7. The maximum atomic E-state index is 5.72. The van der Waals surface area contributed by atoms with Crippen molar-refractivity contribution in [2.75, 3.05) is 20.4 Å². The maximum absolute atomic E-state index is 5.72. The minimum absolute atomic E-state index is 0.339. The van der Waals surface area contributed by atoms with E-state index in [0.29, 0.717) is 12.8 Å².